The number of nitrogens with zero attached hydrogens (tertiary/aromatic N) is 1. The Balaban J connectivity index is 1.46. The quantitative estimate of drug-likeness (QED) is 0.650. The molecule has 156 valence electrons. The van der Waals surface area contributed by atoms with E-state index in [-0.39, 0.29) is 34.9 Å². The summed E-state index contributed by atoms with van der Waals surface area (Å²) in [6.45, 7) is 0. The Bertz CT molecular complexity index is 1220. The molecule has 31 heavy (non-hydrogen) atoms. The maximum atomic E-state index is 14.7. The second kappa shape index (κ2) is 7.59. The van der Waals surface area contributed by atoms with E-state index < -0.39 is 11.6 Å². The van der Waals surface area contributed by atoms with Crippen LogP contribution in [0, 0.1) is 11.6 Å². The van der Waals surface area contributed by atoms with Crippen LogP contribution in [0.15, 0.2) is 66.4 Å². The van der Waals surface area contributed by atoms with E-state index in [0.717, 1.165) is 24.0 Å². The van der Waals surface area contributed by atoms with Crippen molar-refractivity contribution in [3.05, 3.63) is 83.6 Å². The summed E-state index contributed by atoms with van der Waals surface area (Å²) >= 11 is 0. The SMILES string of the molecule is Nc1cc(C2=C(C(=O)Nc3ccc(-c4ccccc4F)c(F)c3)C3CC[C@@H]2O3)ccn1. The van der Waals surface area contributed by atoms with Gasteiger partial charge in [0.05, 0.1) is 17.8 Å². The van der Waals surface area contributed by atoms with Gasteiger partial charge in [0.25, 0.3) is 5.91 Å². The predicted molar refractivity (Wildman–Crippen MR) is 114 cm³/mol. The highest BCUT2D eigenvalue weighted by Crippen LogP contribution is 2.44. The number of nitrogens with one attached hydrogen (secondary N) is 1. The normalized spacial score (nSPS) is 19.7. The highest BCUT2D eigenvalue weighted by Gasteiger charge is 2.43. The number of amides is 1. The number of anilines is 2. The Hall–Kier alpha value is -3.58. The molecule has 1 saturated heterocycles. The first-order valence-electron chi connectivity index (χ1n) is 9.98. The van der Waals surface area contributed by atoms with Gasteiger partial charge >= 0.3 is 0 Å². The summed E-state index contributed by atoms with van der Waals surface area (Å²) in [6.07, 6.45) is 2.68. The van der Waals surface area contributed by atoms with E-state index in [0.29, 0.717) is 11.4 Å². The highest BCUT2D eigenvalue weighted by atomic mass is 19.1. The summed E-state index contributed by atoms with van der Waals surface area (Å²) in [5.74, 6) is -1.12. The number of rotatable bonds is 4. The van der Waals surface area contributed by atoms with Crippen LogP contribution in [0.5, 0.6) is 0 Å². The zero-order valence-corrected chi connectivity index (χ0v) is 16.4. The smallest absolute Gasteiger partial charge is 0.254 e. The number of hydrogen-bond donors (Lipinski definition) is 2. The molecule has 7 heteroatoms. The number of halogens is 2. The van der Waals surface area contributed by atoms with Gasteiger partial charge < -0.3 is 15.8 Å². The van der Waals surface area contributed by atoms with Gasteiger partial charge in [0, 0.05) is 23.0 Å². The number of nitrogens with two attached hydrogens (primary N) is 1. The van der Waals surface area contributed by atoms with Crippen LogP contribution in [0.2, 0.25) is 0 Å². The minimum absolute atomic E-state index is 0.131. The molecule has 2 aromatic carbocycles. The highest BCUT2D eigenvalue weighted by molar-refractivity contribution is 6.11. The number of nitrogen functional groups attached to an aromatic ring is 1. The van der Waals surface area contributed by atoms with E-state index in [9.17, 15) is 13.6 Å². The summed E-state index contributed by atoms with van der Waals surface area (Å²) in [4.78, 5) is 17.1. The van der Waals surface area contributed by atoms with Gasteiger partial charge in [-0.25, -0.2) is 13.8 Å². The van der Waals surface area contributed by atoms with E-state index in [2.05, 4.69) is 10.3 Å². The van der Waals surface area contributed by atoms with E-state index in [4.69, 9.17) is 10.5 Å². The first kappa shape index (κ1) is 19.4. The van der Waals surface area contributed by atoms with Crippen molar-refractivity contribution in [3.63, 3.8) is 0 Å². The zero-order chi connectivity index (χ0) is 21.5. The van der Waals surface area contributed by atoms with Crippen LogP contribution in [-0.2, 0) is 9.53 Å². The minimum Gasteiger partial charge on any atom is -0.384 e. The number of aromatic nitrogens is 1. The van der Waals surface area contributed by atoms with Crippen molar-refractivity contribution in [1.82, 2.24) is 4.98 Å². The number of ether oxygens (including phenoxy) is 1. The second-order valence-corrected chi connectivity index (χ2v) is 7.62. The molecule has 0 aliphatic carbocycles. The van der Waals surface area contributed by atoms with Crippen molar-refractivity contribution < 1.29 is 18.3 Å². The van der Waals surface area contributed by atoms with Crippen molar-refractivity contribution >= 4 is 23.0 Å². The minimum atomic E-state index is -0.622. The molecule has 3 aromatic rings. The third kappa shape index (κ3) is 3.47. The summed E-state index contributed by atoms with van der Waals surface area (Å²) in [5.41, 5.74) is 8.52. The molecule has 5 nitrogen and oxygen atoms in total. The lowest BCUT2D eigenvalue weighted by atomic mass is 9.87. The summed E-state index contributed by atoms with van der Waals surface area (Å²) in [6, 6.07) is 13.7. The van der Waals surface area contributed by atoms with Crippen LogP contribution >= 0.6 is 0 Å². The van der Waals surface area contributed by atoms with Gasteiger partial charge in [0.2, 0.25) is 0 Å². The molecule has 1 fully saturated rings. The van der Waals surface area contributed by atoms with Gasteiger partial charge in [-0.2, -0.15) is 0 Å². The number of pyridine rings is 1. The zero-order valence-electron chi connectivity index (χ0n) is 16.4. The molecule has 2 atom stereocenters. The van der Waals surface area contributed by atoms with E-state index in [1.165, 1.54) is 24.3 Å². The van der Waals surface area contributed by atoms with Gasteiger partial charge in [-0.3, -0.25) is 4.79 Å². The lowest BCUT2D eigenvalue weighted by molar-refractivity contribution is -0.113. The molecular formula is C24H19F2N3O2. The summed E-state index contributed by atoms with van der Waals surface area (Å²) in [7, 11) is 0. The fourth-order valence-electron chi connectivity index (χ4n) is 4.32. The molecule has 2 aliphatic heterocycles. The van der Waals surface area contributed by atoms with Crippen molar-refractivity contribution in [2.75, 3.05) is 11.1 Å². The Labute approximate surface area is 177 Å². The Kier molecular flexibility index (Phi) is 4.75. The molecule has 5 rings (SSSR count). The molecule has 1 amide bonds. The third-order valence-corrected chi connectivity index (χ3v) is 5.68. The molecule has 1 unspecified atom stereocenters. The fraction of sp³-hybridized carbons (Fsp3) is 0.167. The lowest BCUT2D eigenvalue weighted by Crippen LogP contribution is -2.23. The van der Waals surface area contributed by atoms with Crippen molar-refractivity contribution in [1.29, 1.82) is 0 Å². The average Bonchev–Trinajstić information content (AvgIpc) is 3.36. The molecule has 3 N–H and O–H groups in total. The standard InChI is InChI=1S/C24H19F2N3O2/c25-17-4-2-1-3-15(17)16-6-5-14(12-18(16)26)29-24(30)23-20-8-7-19(31-20)22(23)13-9-10-28-21(27)11-13/h1-6,9-12,19-20H,7-8H2,(H2,27,28)(H,29,30)/t19-,20?/m0/s1. The van der Waals surface area contributed by atoms with Crippen LogP contribution in [0.4, 0.5) is 20.3 Å². The number of fused-ring (bicyclic) bond motifs is 2. The van der Waals surface area contributed by atoms with Crippen LogP contribution in [0.1, 0.15) is 18.4 Å². The topological polar surface area (TPSA) is 77.2 Å². The number of benzene rings is 2. The van der Waals surface area contributed by atoms with Crippen molar-refractivity contribution in [2.45, 2.75) is 25.0 Å². The molecule has 3 heterocycles. The second-order valence-electron chi connectivity index (χ2n) is 7.62. The van der Waals surface area contributed by atoms with Crippen molar-refractivity contribution in [2.24, 2.45) is 0 Å². The first-order chi connectivity index (χ1) is 15.0. The van der Waals surface area contributed by atoms with Gasteiger partial charge in [0.1, 0.15) is 17.5 Å². The van der Waals surface area contributed by atoms with E-state index in [1.54, 1.807) is 36.5 Å². The predicted octanol–water partition coefficient (Wildman–Crippen LogP) is 4.56. The molecule has 1 aromatic heterocycles. The van der Waals surface area contributed by atoms with Gasteiger partial charge in [0.15, 0.2) is 0 Å². The van der Waals surface area contributed by atoms with Crippen LogP contribution < -0.4 is 11.1 Å². The molecule has 2 aliphatic rings. The van der Waals surface area contributed by atoms with Crippen LogP contribution in [0.3, 0.4) is 0 Å². The molecule has 0 radical (unpaired) electrons. The fourth-order valence-corrected chi connectivity index (χ4v) is 4.32. The van der Waals surface area contributed by atoms with Crippen LogP contribution in [0.25, 0.3) is 16.7 Å². The maximum Gasteiger partial charge on any atom is 0.254 e. The van der Waals surface area contributed by atoms with E-state index >= 15 is 0 Å². The first-order valence-corrected chi connectivity index (χ1v) is 9.98. The van der Waals surface area contributed by atoms with Gasteiger partial charge in [-0.05, 0) is 60.4 Å². The van der Waals surface area contributed by atoms with Crippen molar-refractivity contribution in [3.8, 4) is 11.1 Å². The lowest BCUT2D eigenvalue weighted by Gasteiger charge is -2.17. The van der Waals surface area contributed by atoms with Gasteiger partial charge in [-0.15, -0.1) is 0 Å². The summed E-state index contributed by atoms with van der Waals surface area (Å²) in [5, 5.41) is 2.76. The average molecular weight is 419 g/mol. The third-order valence-electron chi connectivity index (χ3n) is 5.68. The summed E-state index contributed by atoms with van der Waals surface area (Å²) < 4.78 is 34.7. The van der Waals surface area contributed by atoms with Gasteiger partial charge in [-0.1, -0.05) is 18.2 Å². The molecule has 2 bridgehead atoms. The Morgan fingerprint density at radius 1 is 1.00 bits per heavy atom. The van der Waals surface area contributed by atoms with E-state index in [1.807, 2.05) is 0 Å². The number of carbonyl (C=O) groups is 1. The molecule has 0 saturated carbocycles. The largest absolute Gasteiger partial charge is 0.384 e. The number of carbonyl (C=O) groups excluding carboxylic acids is 1. The molecule has 0 spiro atoms. The Morgan fingerprint density at radius 2 is 1.77 bits per heavy atom. The Morgan fingerprint density at radius 3 is 2.55 bits per heavy atom. The van der Waals surface area contributed by atoms with Crippen LogP contribution in [-0.4, -0.2) is 23.1 Å². The monoisotopic (exact) mass is 419 g/mol. The molecular weight excluding hydrogens is 400 g/mol. The number of hydrogen-bond acceptors (Lipinski definition) is 4. The maximum absolute atomic E-state index is 14.7.